The third-order valence-electron chi connectivity index (χ3n) is 4.99. The molecule has 2 bridgehead atoms. The average molecular weight is 399 g/mol. The molecule has 2 atom stereocenters. The van der Waals surface area contributed by atoms with Crippen LogP contribution in [-0.2, 0) is 12.6 Å². The van der Waals surface area contributed by atoms with Gasteiger partial charge in [0, 0.05) is 30.6 Å². The van der Waals surface area contributed by atoms with E-state index in [4.69, 9.17) is 11.6 Å². The maximum atomic E-state index is 12.8. The van der Waals surface area contributed by atoms with E-state index in [0.717, 1.165) is 30.0 Å². The molecule has 0 saturated carbocycles. The summed E-state index contributed by atoms with van der Waals surface area (Å²) in [6.07, 6.45) is -0.301. The second-order valence-electron chi connectivity index (χ2n) is 6.61. The molecule has 0 radical (unpaired) electrons. The fourth-order valence-electron chi connectivity index (χ4n) is 3.84. The molecular weight excluding hydrogens is 385 g/mol. The summed E-state index contributed by atoms with van der Waals surface area (Å²) in [5.74, 6) is -0.0512. The Kier molecular flexibility index (Phi) is 4.14. The number of anilines is 1. The molecule has 4 heterocycles. The quantitative estimate of drug-likeness (QED) is 0.768. The van der Waals surface area contributed by atoms with Gasteiger partial charge in [0.1, 0.15) is 5.82 Å². The molecule has 6 nitrogen and oxygen atoms in total. The number of alkyl halides is 3. The van der Waals surface area contributed by atoms with Crippen LogP contribution in [0.3, 0.4) is 0 Å². The highest BCUT2D eigenvalue weighted by molar-refractivity contribution is 6.31. The largest absolute Gasteiger partial charge is 0.419 e. The highest BCUT2D eigenvalue weighted by Crippen LogP contribution is 2.43. The molecule has 0 unspecified atom stereocenters. The summed E-state index contributed by atoms with van der Waals surface area (Å²) in [6.45, 7) is 0. The van der Waals surface area contributed by atoms with Crippen molar-refractivity contribution in [3.63, 3.8) is 0 Å². The number of carbonyl (C=O) groups is 1. The van der Waals surface area contributed by atoms with Crippen LogP contribution < -0.4 is 10.9 Å². The zero-order chi connectivity index (χ0) is 19.3. The number of halogens is 4. The first-order valence-corrected chi connectivity index (χ1v) is 8.65. The van der Waals surface area contributed by atoms with E-state index < -0.39 is 22.8 Å². The number of H-pyrrole nitrogens is 1. The summed E-state index contributed by atoms with van der Waals surface area (Å²) < 4.78 is 38.3. The summed E-state index contributed by atoms with van der Waals surface area (Å²) in [5, 5.41) is 2.00. The van der Waals surface area contributed by atoms with E-state index in [9.17, 15) is 22.8 Å². The second kappa shape index (κ2) is 6.26. The molecule has 2 aliphatic heterocycles. The van der Waals surface area contributed by atoms with Crippen LogP contribution in [0, 0.1) is 0 Å². The Hall–Kier alpha value is -2.55. The molecule has 2 aliphatic rings. The van der Waals surface area contributed by atoms with Crippen LogP contribution in [0.4, 0.5) is 23.8 Å². The Balaban J connectivity index is 1.57. The van der Waals surface area contributed by atoms with E-state index in [1.807, 2.05) is 0 Å². The Labute approximate surface area is 156 Å². The second-order valence-corrected chi connectivity index (χ2v) is 7.02. The summed E-state index contributed by atoms with van der Waals surface area (Å²) in [5.41, 5.74) is 0.565. The average Bonchev–Trinajstić information content (AvgIpc) is 2.89. The van der Waals surface area contributed by atoms with Crippen LogP contribution in [0.5, 0.6) is 0 Å². The molecule has 0 aromatic carbocycles. The lowest BCUT2D eigenvalue weighted by molar-refractivity contribution is -0.137. The molecule has 27 heavy (non-hydrogen) atoms. The van der Waals surface area contributed by atoms with E-state index in [2.05, 4.69) is 15.3 Å². The Morgan fingerprint density at radius 2 is 2.11 bits per heavy atom. The van der Waals surface area contributed by atoms with Crippen LogP contribution in [-0.4, -0.2) is 26.9 Å². The van der Waals surface area contributed by atoms with Crippen molar-refractivity contribution in [2.45, 2.75) is 37.5 Å². The number of pyridine rings is 2. The topological polar surface area (TPSA) is 78.1 Å². The molecule has 1 fully saturated rings. The fourth-order valence-corrected chi connectivity index (χ4v) is 4.10. The van der Waals surface area contributed by atoms with Crippen molar-refractivity contribution in [3.8, 4) is 0 Å². The van der Waals surface area contributed by atoms with Crippen molar-refractivity contribution in [1.82, 2.24) is 14.9 Å². The van der Waals surface area contributed by atoms with Crippen LogP contribution >= 0.6 is 11.6 Å². The molecule has 1 saturated heterocycles. The highest BCUT2D eigenvalue weighted by Gasteiger charge is 2.43. The molecule has 0 aliphatic carbocycles. The zero-order valence-corrected chi connectivity index (χ0v) is 14.6. The minimum atomic E-state index is -4.61. The molecule has 142 valence electrons. The van der Waals surface area contributed by atoms with Gasteiger partial charge in [-0.25, -0.2) is 9.78 Å². The van der Waals surface area contributed by atoms with Crippen molar-refractivity contribution >= 4 is 23.4 Å². The van der Waals surface area contributed by atoms with Crippen molar-refractivity contribution in [2.75, 3.05) is 5.32 Å². The third-order valence-corrected chi connectivity index (χ3v) is 5.30. The van der Waals surface area contributed by atoms with Gasteiger partial charge in [-0.1, -0.05) is 11.6 Å². The molecule has 4 rings (SSSR count). The van der Waals surface area contributed by atoms with Crippen molar-refractivity contribution < 1.29 is 18.0 Å². The molecule has 2 amide bonds. The lowest BCUT2D eigenvalue weighted by Crippen LogP contribution is -2.44. The summed E-state index contributed by atoms with van der Waals surface area (Å²) in [4.78, 5) is 32.2. The Morgan fingerprint density at radius 3 is 2.81 bits per heavy atom. The zero-order valence-electron chi connectivity index (χ0n) is 13.8. The minimum Gasteiger partial charge on any atom is -0.329 e. The highest BCUT2D eigenvalue weighted by atomic mass is 35.5. The van der Waals surface area contributed by atoms with Crippen LogP contribution in [0.2, 0.25) is 5.02 Å². The number of nitrogens with one attached hydrogen (secondary N) is 2. The lowest BCUT2D eigenvalue weighted by atomic mass is 9.95. The van der Waals surface area contributed by atoms with Gasteiger partial charge in [0.05, 0.1) is 16.6 Å². The predicted octanol–water partition coefficient (Wildman–Crippen LogP) is 3.74. The van der Waals surface area contributed by atoms with Gasteiger partial charge >= 0.3 is 12.2 Å². The number of aromatic amines is 1. The van der Waals surface area contributed by atoms with Crippen LogP contribution in [0.15, 0.2) is 29.3 Å². The standard InChI is InChI=1S/C17H14ClF3N4O2/c18-12-5-14(22-7-11(12)17(19,20)21)24-16(27)25-9-1-2-13(25)10-6-23-15(26)4-8(10)3-9/h4-7,9,13H,1-3H2,(H,23,26)(H,22,24,27)/t9-,13+/m1/s1. The molecule has 2 aromatic rings. The fraction of sp³-hybridized carbons (Fsp3) is 0.353. The summed E-state index contributed by atoms with van der Waals surface area (Å²) in [6, 6.07) is 1.81. The van der Waals surface area contributed by atoms with Crippen LogP contribution in [0.25, 0.3) is 0 Å². The van der Waals surface area contributed by atoms with Gasteiger partial charge in [-0.15, -0.1) is 0 Å². The number of rotatable bonds is 1. The molecule has 2 aromatic heterocycles. The van der Waals surface area contributed by atoms with Crippen LogP contribution in [0.1, 0.15) is 35.6 Å². The van der Waals surface area contributed by atoms with E-state index >= 15 is 0 Å². The number of amides is 2. The SMILES string of the molecule is O=C(Nc1cc(Cl)c(C(F)(F)F)cn1)N1[C@@H]2CC[C@H]1c1c[nH]c(=O)cc1C2. The number of hydrogen-bond donors (Lipinski definition) is 2. The van der Waals surface area contributed by atoms with Gasteiger partial charge in [0.2, 0.25) is 5.56 Å². The van der Waals surface area contributed by atoms with E-state index in [-0.39, 0.29) is 23.5 Å². The van der Waals surface area contributed by atoms with Gasteiger partial charge in [-0.2, -0.15) is 13.2 Å². The number of urea groups is 1. The minimum absolute atomic E-state index is 0.0512. The van der Waals surface area contributed by atoms with Crippen molar-refractivity contribution in [2.24, 2.45) is 0 Å². The number of fused-ring (bicyclic) bond motifs is 4. The van der Waals surface area contributed by atoms with Crippen molar-refractivity contribution in [3.05, 3.63) is 56.6 Å². The van der Waals surface area contributed by atoms with E-state index in [1.54, 1.807) is 17.2 Å². The molecule has 10 heteroatoms. The van der Waals surface area contributed by atoms with E-state index in [0.29, 0.717) is 12.6 Å². The van der Waals surface area contributed by atoms with Gasteiger partial charge in [-0.05, 0) is 30.4 Å². The lowest BCUT2D eigenvalue weighted by Gasteiger charge is -2.36. The Bertz CT molecular complexity index is 975. The first-order valence-electron chi connectivity index (χ1n) is 8.27. The normalized spacial score (nSPS) is 21.1. The smallest absolute Gasteiger partial charge is 0.329 e. The van der Waals surface area contributed by atoms with Gasteiger partial charge in [-0.3, -0.25) is 10.1 Å². The van der Waals surface area contributed by atoms with Gasteiger partial charge < -0.3 is 9.88 Å². The summed E-state index contributed by atoms with van der Waals surface area (Å²) in [7, 11) is 0. The first-order chi connectivity index (χ1) is 12.7. The number of carbonyl (C=O) groups excluding carboxylic acids is 1. The number of hydrogen-bond acceptors (Lipinski definition) is 3. The first kappa shape index (κ1) is 17.8. The summed E-state index contributed by atoms with van der Waals surface area (Å²) >= 11 is 5.68. The van der Waals surface area contributed by atoms with E-state index in [1.165, 1.54) is 0 Å². The predicted molar refractivity (Wildman–Crippen MR) is 91.6 cm³/mol. The monoisotopic (exact) mass is 398 g/mol. The molecular formula is C17H14ClF3N4O2. The van der Waals surface area contributed by atoms with Gasteiger partial charge in [0.15, 0.2) is 0 Å². The van der Waals surface area contributed by atoms with Gasteiger partial charge in [0.25, 0.3) is 0 Å². The third kappa shape index (κ3) is 3.16. The molecule has 0 spiro atoms. The maximum absolute atomic E-state index is 12.8. The molecule has 2 N–H and O–H groups in total. The Morgan fingerprint density at radius 1 is 1.33 bits per heavy atom. The van der Waals surface area contributed by atoms with Crippen molar-refractivity contribution in [1.29, 1.82) is 0 Å². The maximum Gasteiger partial charge on any atom is 0.419 e. The number of aromatic nitrogens is 2. The number of nitrogens with zero attached hydrogens (tertiary/aromatic N) is 2.